The topological polar surface area (TPSA) is 106 Å². The lowest BCUT2D eigenvalue weighted by Crippen LogP contribution is -2.19. The van der Waals surface area contributed by atoms with E-state index in [1.54, 1.807) is 0 Å². The van der Waals surface area contributed by atoms with E-state index in [9.17, 15) is 9.59 Å². The number of carboxylic acid groups (broad SMARTS) is 2. The van der Waals surface area contributed by atoms with Crippen molar-refractivity contribution >= 4 is 11.9 Å². The molecule has 1 saturated heterocycles. The Hall–Kier alpha value is -1.99. The number of nitrogens with zero attached hydrogens (tertiary/aromatic N) is 1. The third-order valence-corrected chi connectivity index (χ3v) is 2.44. The highest BCUT2D eigenvalue weighted by atomic mass is 16.7. The molecule has 7 heteroatoms. The molecule has 1 fully saturated rings. The van der Waals surface area contributed by atoms with Crippen LogP contribution in [0.5, 0.6) is 0 Å². The summed E-state index contributed by atoms with van der Waals surface area (Å²) in [6, 6.07) is 1.22. The van der Waals surface area contributed by atoms with E-state index in [1.165, 1.54) is 12.3 Å². The molecule has 0 bridgehead atoms. The zero-order chi connectivity index (χ0) is 13.1. The summed E-state index contributed by atoms with van der Waals surface area (Å²) in [5.41, 5.74) is -0.475. The maximum absolute atomic E-state index is 11.0. The zero-order valence-electron chi connectivity index (χ0n) is 9.33. The predicted octanol–water partition coefficient (Wildman–Crippen LogP) is 0.913. The summed E-state index contributed by atoms with van der Waals surface area (Å²) >= 11 is 0. The van der Waals surface area contributed by atoms with Crippen LogP contribution in [0.2, 0.25) is 0 Å². The van der Waals surface area contributed by atoms with Crippen LogP contribution in [0.3, 0.4) is 0 Å². The highest BCUT2D eigenvalue weighted by Gasteiger charge is 2.23. The molecule has 96 valence electrons. The number of carboxylic acids is 2. The fourth-order valence-corrected chi connectivity index (χ4v) is 1.62. The molecule has 0 atom stereocenters. The minimum Gasteiger partial charge on any atom is -0.478 e. The Labute approximate surface area is 102 Å². The van der Waals surface area contributed by atoms with Gasteiger partial charge in [0.15, 0.2) is 12.0 Å². The van der Waals surface area contributed by atoms with Gasteiger partial charge in [0.2, 0.25) is 0 Å². The molecule has 0 spiro atoms. The Morgan fingerprint density at radius 2 is 1.89 bits per heavy atom. The van der Waals surface area contributed by atoms with Crippen LogP contribution in [0.15, 0.2) is 12.3 Å². The molecule has 1 aromatic heterocycles. The van der Waals surface area contributed by atoms with E-state index < -0.39 is 23.9 Å². The van der Waals surface area contributed by atoms with Crippen molar-refractivity contribution in [1.82, 2.24) is 4.98 Å². The molecule has 0 saturated carbocycles. The van der Waals surface area contributed by atoms with Crippen molar-refractivity contribution < 1.29 is 29.3 Å². The Bertz CT molecular complexity index is 480. The number of aromatic nitrogens is 1. The minimum atomic E-state index is -1.38. The van der Waals surface area contributed by atoms with Gasteiger partial charge in [-0.2, -0.15) is 0 Å². The lowest BCUT2D eigenvalue weighted by molar-refractivity contribution is -0.183. The molecule has 1 aliphatic heterocycles. The van der Waals surface area contributed by atoms with Crippen LogP contribution in [0, 0.1) is 0 Å². The van der Waals surface area contributed by atoms with Crippen molar-refractivity contribution in [3.8, 4) is 0 Å². The Balaban J connectivity index is 2.36. The van der Waals surface area contributed by atoms with Gasteiger partial charge >= 0.3 is 11.9 Å². The van der Waals surface area contributed by atoms with Crippen molar-refractivity contribution in [2.75, 3.05) is 13.2 Å². The molecule has 2 heterocycles. The Morgan fingerprint density at radius 3 is 2.44 bits per heavy atom. The van der Waals surface area contributed by atoms with Gasteiger partial charge in [0.05, 0.1) is 18.8 Å². The van der Waals surface area contributed by atoms with Crippen molar-refractivity contribution in [1.29, 1.82) is 0 Å². The van der Waals surface area contributed by atoms with E-state index in [0.29, 0.717) is 18.8 Å². The van der Waals surface area contributed by atoms with Gasteiger partial charge in [0, 0.05) is 11.8 Å². The lowest BCUT2D eigenvalue weighted by atomic mass is 10.1. The Morgan fingerprint density at radius 1 is 1.22 bits per heavy atom. The molecule has 2 N–H and O–H groups in total. The first-order valence-electron chi connectivity index (χ1n) is 5.29. The van der Waals surface area contributed by atoms with Gasteiger partial charge in [0.1, 0.15) is 0 Å². The number of aromatic carboxylic acids is 2. The lowest BCUT2D eigenvalue weighted by Gasteiger charge is -2.23. The first kappa shape index (κ1) is 12.5. The predicted molar refractivity (Wildman–Crippen MR) is 57.4 cm³/mol. The van der Waals surface area contributed by atoms with Crippen LogP contribution in [0.25, 0.3) is 0 Å². The van der Waals surface area contributed by atoms with E-state index >= 15 is 0 Å². The smallest absolute Gasteiger partial charge is 0.355 e. The number of hydrogen-bond donors (Lipinski definition) is 2. The monoisotopic (exact) mass is 253 g/mol. The molecular formula is C11H11NO6. The van der Waals surface area contributed by atoms with Gasteiger partial charge in [-0.25, -0.2) is 14.6 Å². The molecular weight excluding hydrogens is 242 g/mol. The first-order valence-corrected chi connectivity index (χ1v) is 5.29. The molecule has 2 rings (SSSR count). The summed E-state index contributed by atoms with van der Waals surface area (Å²) in [6.45, 7) is 1.02. The summed E-state index contributed by atoms with van der Waals surface area (Å²) in [5.74, 6) is -2.73. The molecule has 7 nitrogen and oxygen atoms in total. The quantitative estimate of drug-likeness (QED) is 0.824. The molecule has 0 aliphatic carbocycles. The number of rotatable bonds is 3. The van der Waals surface area contributed by atoms with E-state index in [4.69, 9.17) is 19.7 Å². The fourth-order valence-electron chi connectivity index (χ4n) is 1.62. The standard InChI is InChI=1S/C11H11NO6/c13-9(14)7-4-6(5-12-8(7)10(15)16)11-17-2-1-3-18-11/h4-5,11H,1-3H2,(H,13,14)(H,15,16). The van der Waals surface area contributed by atoms with Crippen LogP contribution >= 0.6 is 0 Å². The van der Waals surface area contributed by atoms with Gasteiger partial charge in [-0.05, 0) is 12.5 Å². The van der Waals surface area contributed by atoms with Crippen molar-refractivity contribution in [3.63, 3.8) is 0 Å². The van der Waals surface area contributed by atoms with Crippen LogP contribution in [0.1, 0.15) is 39.1 Å². The van der Waals surface area contributed by atoms with Crippen molar-refractivity contribution in [3.05, 3.63) is 29.1 Å². The molecule has 0 radical (unpaired) electrons. The second-order valence-corrected chi connectivity index (χ2v) is 3.70. The van der Waals surface area contributed by atoms with Gasteiger partial charge in [-0.1, -0.05) is 0 Å². The SMILES string of the molecule is O=C(O)c1cc(C2OCCCO2)cnc1C(=O)O. The van der Waals surface area contributed by atoms with Gasteiger partial charge in [-0.15, -0.1) is 0 Å². The average molecular weight is 253 g/mol. The molecule has 1 aliphatic rings. The maximum Gasteiger partial charge on any atom is 0.355 e. The van der Waals surface area contributed by atoms with E-state index in [0.717, 1.165) is 6.42 Å². The second kappa shape index (κ2) is 5.11. The molecule has 1 aromatic rings. The van der Waals surface area contributed by atoms with Crippen molar-refractivity contribution in [2.45, 2.75) is 12.7 Å². The second-order valence-electron chi connectivity index (χ2n) is 3.70. The minimum absolute atomic E-state index is 0.377. The number of carbonyl (C=O) groups is 2. The molecule has 0 aromatic carbocycles. The van der Waals surface area contributed by atoms with Gasteiger partial charge < -0.3 is 19.7 Å². The molecule has 0 amide bonds. The maximum atomic E-state index is 11.0. The summed E-state index contributed by atoms with van der Waals surface area (Å²) in [6.07, 6.45) is 1.33. The van der Waals surface area contributed by atoms with Crippen LogP contribution in [-0.2, 0) is 9.47 Å². The van der Waals surface area contributed by atoms with Gasteiger partial charge in [0.25, 0.3) is 0 Å². The van der Waals surface area contributed by atoms with Crippen LogP contribution in [-0.4, -0.2) is 40.3 Å². The van der Waals surface area contributed by atoms with Crippen molar-refractivity contribution in [2.24, 2.45) is 0 Å². The van der Waals surface area contributed by atoms with E-state index in [1.807, 2.05) is 0 Å². The summed E-state index contributed by atoms with van der Waals surface area (Å²) in [4.78, 5) is 25.4. The summed E-state index contributed by atoms with van der Waals surface area (Å²) < 4.78 is 10.6. The third kappa shape index (κ3) is 2.47. The zero-order valence-corrected chi connectivity index (χ0v) is 9.33. The highest BCUT2D eigenvalue weighted by molar-refractivity contribution is 6.00. The van der Waals surface area contributed by atoms with E-state index in [2.05, 4.69) is 4.98 Å². The largest absolute Gasteiger partial charge is 0.478 e. The summed E-state index contributed by atoms with van der Waals surface area (Å²) in [7, 11) is 0. The fraction of sp³-hybridized carbons (Fsp3) is 0.364. The van der Waals surface area contributed by atoms with E-state index in [-0.39, 0.29) is 5.56 Å². The number of ether oxygens (including phenoxy) is 2. The van der Waals surface area contributed by atoms with Crippen LogP contribution < -0.4 is 0 Å². The normalized spacial score (nSPS) is 16.4. The van der Waals surface area contributed by atoms with Crippen LogP contribution in [0.4, 0.5) is 0 Å². The molecule has 0 unspecified atom stereocenters. The number of pyridine rings is 1. The highest BCUT2D eigenvalue weighted by Crippen LogP contribution is 2.23. The number of hydrogen-bond acceptors (Lipinski definition) is 5. The average Bonchev–Trinajstić information content (AvgIpc) is 2.39. The Kier molecular flexibility index (Phi) is 3.54. The summed E-state index contributed by atoms with van der Waals surface area (Å²) in [5, 5.41) is 17.8. The third-order valence-electron chi connectivity index (χ3n) is 2.44. The van der Waals surface area contributed by atoms with Gasteiger partial charge in [-0.3, -0.25) is 0 Å². The molecule has 18 heavy (non-hydrogen) atoms. The first-order chi connectivity index (χ1) is 8.59.